The molecule has 0 radical (unpaired) electrons. The molecule has 1 aliphatic heterocycles. The van der Waals surface area contributed by atoms with Gasteiger partial charge in [0.05, 0.1) is 19.3 Å². The third kappa shape index (κ3) is 5.93. The number of hydrogen-bond donors (Lipinski definition) is 2. The van der Waals surface area contributed by atoms with Crippen LogP contribution in [0.15, 0.2) is 29.1 Å². The normalized spacial score (nSPS) is 16.1. The summed E-state index contributed by atoms with van der Waals surface area (Å²) in [5, 5.41) is 4.96. The number of H-pyrrole nitrogens is 1. The first kappa shape index (κ1) is 21.6. The van der Waals surface area contributed by atoms with E-state index in [-0.39, 0.29) is 11.7 Å². The summed E-state index contributed by atoms with van der Waals surface area (Å²) in [4.78, 5) is 17.7. The standard InChI is InChI=1S/C22H31N3O3S/c1-3-5-10-23-22(29)25(15-19-7-6-11-28-19)14-17-12-16-13-18(27-4-2)8-9-20(16)24-21(17)26/h8-9,12-13,19H,3-7,10-11,14-15H2,1-2H3,(H,23,29)(H,24,26)/t19-/m1/s1. The summed E-state index contributed by atoms with van der Waals surface area (Å²) in [6.07, 6.45) is 4.42. The lowest BCUT2D eigenvalue weighted by atomic mass is 10.1. The minimum atomic E-state index is -0.0876. The van der Waals surface area contributed by atoms with Gasteiger partial charge in [-0.05, 0) is 62.7 Å². The van der Waals surface area contributed by atoms with E-state index >= 15 is 0 Å². The Labute approximate surface area is 177 Å². The lowest BCUT2D eigenvalue weighted by molar-refractivity contribution is 0.0897. The Bertz CT molecular complexity index is 877. The van der Waals surface area contributed by atoms with Gasteiger partial charge in [-0.15, -0.1) is 0 Å². The largest absolute Gasteiger partial charge is 0.494 e. The Morgan fingerprint density at radius 1 is 1.38 bits per heavy atom. The van der Waals surface area contributed by atoms with Gasteiger partial charge < -0.3 is 24.7 Å². The highest BCUT2D eigenvalue weighted by Gasteiger charge is 2.22. The molecule has 1 aromatic carbocycles. The molecule has 0 aliphatic carbocycles. The van der Waals surface area contributed by atoms with E-state index in [4.69, 9.17) is 21.7 Å². The first-order valence-corrected chi connectivity index (χ1v) is 10.9. The van der Waals surface area contributed by atoms with Gasteiger partial charge in [0.15, 0.2) is 5.11 Å². The Balaban J connectivity index is 1.82. The van der Waals surface area contributed by atoms with Crippen molar-refractivity contribution in [3.05, 3.63) is 40.2 Å². The second-order valence-electron chi connectivity index (χ2n) is 7.41. The van der Waals surface area contributed by atoms with Crippen LogP contribution in [0.3, 0.4) is 0 Å². The van der Waals surface area contributed by atoms with Crippen LogP contribution in [-0.4, -0.2) is 47.4 Å². The average molecular weight is 418 g/mol. The van der Waals surface area contributed by atoms with Crippen LogP contribution in [0.4, 0.5) is 0 Å². The molecule has 0 unspecified atom stereocenters. The molecule has 2 heterocycles. The van der Waals surface area contributed by atoms with Crippen molar-refractivity contribution < 1.29 is 9.47 Å². The van der Waals surface area contributed by atoms with Crippen LogP contribution in [0.2, 0.25) is 0 Å². The minimum absolute atomic E-state index is 0.0876. The highest BCUT2D eigenvalue weighted by atomic mass is 32.1. The van der Waals surface area contributed by atoms with E-state index < -0.39 is 0 Å². The van der Waals surface area contributed by atoms with E-state index in [1.54, 1.807) is 0 Å². The van der Waals surface area contributed by atoms with Crippen molar-refractivity contribution in [2.24, 2.45) is 0 Å². The lowest BCUT2D eigenvalue weighted by Crippen LogP contribution is -2.44. The number of pyridine rings is 1. The summed E-state index contributed by atoms with van der Waals surface area (Å²) in [5.74, 6) is 0.797. The molecular formula is C22H31N3O3S. The van der Waals surface area contributed by atoms with Gasteiger partial charge in [-0.1, -0.05) is 13.3 Å². The fourth-order valence-corrected chi connectivity index (χ4v) is 3.79. The summed E-state index contributed by atoms with van der Waals surface area (Å²) >= 11 is 5.64. The number of nitrogens with one attached hydrogen (secondary N) is 2. The van der Waals surface area contributed by atoms with E-state index in [0.29, 0.717) is 30.4 Å². The van der Waals surface area contributed by atoms with Gasteiger partial charge in [-0.3, -0.25) is 4.79 Å². The summed E-state index contributed by atoms with van der Waals surface area (Å²) in [7, 11) is 0. The summed E-state index contributed by atoms with van der Waals surface area (Å²) < 4.78 is 11.4. The van der Waals surface area contributed by atoms with Crippen molar-refractivity contribution in [1.29, 1.82) is 0 Å². The predicted octanol–water partition coefficient (Wildman–Crippen LogP) is 3.58. The molecule has 1 aromatic heterocycles. The van der Waals surface area contributed by atoms with E-state index in [9.17, 15) is 4.79 Å². The van der Waals surface area contributed by atoms with Crippen LogP contribution in [0.25, 0.3) is 10.9 Å². The SMILES string of the molecule is CCCCNC(=S)N(Cc1cc2cc(OCC)ccc2[nH]c1=O)C[C@H]1CCCO1. The monoisotopic (exact) mass is 417 g/mol. The molecule has 2 aromatic rings. The van der Waals surface area contributed by atoms with E-state index in [1.165, 1.54) is 0 Å². The smallest absolute Gasteiger partial charge is 0.253 e. The van der Waals surface area contributed by atoms with Crippen molar-refractivity contribution in [3.8, 4) is 5.75 Å². The molecule has 1 atom stereocenters. The molecule has 1 aliphatic rings. The van der Waals surface area contributed by atoms with Crippen LogP contribution in [-0.2, 0) is 11.3 Å². The van der Waals surface area contributed by atoms with E-state index in [0.717, 1.165) is 55.5 Å². The number of hydrogen-bond acceptors (Lipinski definition) is 4. The van der Waals surface area contributed by atoms with Crippen LogP contribution in [0.5, 0.6) is 5.75 Å². The number of thiocarbonyl (C=S) groups is 1. The third-order valence-corrected chi connectivity index (χ3v) is 5.51. The molecule has 1 saturated heterocycles. The zero-order chi connectivity index (χ0) is 20.6. The Morgan fingerprint density at radius 2 is 2.24 bits per heavy atom. The summed E-state index contributed by atoms with van der Waals surface area (Å²) in [6, 6.07) is 7.65. The van der Waals surface area contributed by atoms with Crippen molar-refractivity contribution in [2.45, 2.75) is 52.2 Å². The number of benzene rings is 1. The molecule has 6 nitrogen and oxygen atoms in total. The molecule has 3 rings (SSSR count). The quantitative estimate of drug-likeness (QED) is 0.480. The maximum Gasteiger partial charge on any atom is 0.253 e. The van der Waals surface area contributed by atoms with Gasteiger partial charge in [0, 0.05) is 36.2 Å². The van der Waals surface area contributed by atoms with Crippen LogP contribution < -0.4 is 15.6 Å². The maximum atomic E-state index is 12.7. The first-order chi connectivity index (χ1) is 14.1. The molecule has 0 bridgehead atoms. The van der Waals surface area contributed by atoms with Crippen molar-refractivity contribution in [3.63, 3.8) is 0 Å². The fourth-order valence-electron chi connectivity index (χ4n) is 3.55. The van der Waals surface area contributed by atoms with Crippen LogP contribution in [0.1, 0.15) is 45.1 Å². The number of ether oxygens (including phenoxy) is 2. The number of aromatic nitrogens is 1. The van der Waals surface area contributed by atoms with Gasteiger partial charge >= 0.3 is 0 Å². The molecular weight excluding hydrogens is 386 g/mol. The Morgan fingerprint density at radius 3 is 2.97 bits per heavy atom. The van der Waals surface area contributed by atoms with E-state index in [1.807, 2.05) is 31.2 Å². The zero-order valence-electron chi connectivity index (χ0n) is 17.3. The van der Waals surface area contributed by atoms with Crippen molar-refractivity contribution >= 4 is 28.2 Å². The Hall–Kier alpha value is -2.12. The molecule has 0 amide bonds. The Kier molecular flexibility index (Phi) is 7.89. The average Bonchev–Trinajstić information content (AvgIpc) is 3.22. The molecule has 29 heavy (non-hydrogen) atoms. The second kappa shape index (κ2) is 10.6. The highest BCUT2D eigenvalue weighted by molar-refractivity contribution is 7.80. The van der Waals surface area contributed by atoms with Gasteiger partial charge in [0.1, 0.15) is 5.75 Å². The number of aromatic amines is 1. The van der Waals surface area contributed by atoms with Gasteiger partial charge in [0.25, 0.3) is 5.56 Å². The van der Waals surface area contributed by atoms with Crippen molar-refractivity contribution in [1.82, 2.24) is 15.2 Å². The van der Waals surface area contributed by atoms with E-state index in [2.05, 4.69) is 22.1 Å². The second-order valence-corrected chi connectivity index (χ2v) is 7.79. The molecule has 1 fully saturated rings. The van der Waals surface area contributed by atoms with Gasteiger partial charge in [-0.25, -0.2) is 0 Å². The van der Waals surface area contributed by atoms with Crippen LogP contribution >= 0.6 is 12.2 Å². The number of fused-ring (bicyclic) bond motifs is 1. The highest BCUT2D eigenvalue weighted by Crippen LogP contribution is 2.20. The lowest BCUT2D eigenvalue weighted by Gasteiger charge is -2.28. The maximum absolute atomic E-state index is 12.7. The predicted molar refractivity (Wildman–Crippen MR) is 121 cm³/mol. The molecule has 158 valence electrons. The van der Waals surface area contributed by atoms with Gasteiger partial charge in [0.2, 0.25) is 0 Å². The first-order valence-electron chi connectivity index (χ1n) is 10.5. The summed E-state index contributed by atoms with van der Waals surface area (Å²) in [5.41, 5.74) is 1.40. The summed E-state index contributed by atoms with van der Waals surface area (Å²) in [6.45, 7) is 7.48. The van der Waals surface area contributed by atoms with Gasteiger partial charge in [-0.2, -0.15) is 0 Å². The molecule has 0 spiro atoms. The fraction of sp³-hybridized carbons (Fsp3) is 0.545. The molecule has 0 saturated carbocycles. The van der Waals surface area contributed by atoms with Crippen LogP contribution in [0, 0.1) is 0 Å². The number of unbranched alkanes of at least 4 members (excludes halogenated alkanes) is 1. The third-order valence-electron chi connectivity index (χ3n) is 5.11. The van der Waals surface area contributed by atoms with Crippen molar-refractivity contribution in [2.75, 3.05) is 26.3 Å². The molecule has 2 N–H and O–H groups in total. The minimum Gasteiger partial charge on any atom is -0.494 e. The molecule has 7 heteroatoms. The topological polar surface area (TPSA) is 66.6 Å². The number of rotatable bonds is 9. The number of nitrogens with zero attached hydrogens (tertiary/aromatic N) is 1. The zero-order valence-corrected chi connectivity index (χ0v) is 18.1.